The summed E-state index contributed by atoms with van der Waals surface area (Å²) in [6.45, 7) is 1.29. The molecule has 0 radical (unpaired) electrons. The van der Waals surface area contributed by atoms with Crippen LogP contribution in [-0.4, -0.2) is 23.9 Å². The summed E-state index contributed by atoms with van der Waals surface area (Å²) in [6, 6.07) is 14.6. The highest BCUT2D eigenvalue weighted by Crippen LogP contribution is 2.28. The van der Waals surface area contributed by atoms with Gasteiger partial charge >= 0.3 is 0 Å². The fraction of sp³-hybridized carbons (Fsp3) is 0.273. The Hall–Kier alpha value is -2.30. The number of nitrogens with zero attached hydrogens (tertiary/aromatic N) is 1. The highest BCUT2D eigenvalue weighted by molar-refractivity contribution is 6.38. The van der Waals surface area contributed by atoms with Crippen LogP contribution < -0.4 is 5.43 Å². The van der Waals surface area contributed by atoms with Crippen molar-refractivity contribution in [1.82, 2.24) is 4.90 Å². The number of rotatable bonds is 3. The Balaban J connectivity index is 1.49. The van der Waals surface area contributed by atoms with Crippen LogP contribution in [0.4, 0.5) is 0 Å². The summed E-state index contributed by atoms with van der Waals surface area (Å²) >= 11 is 12.1. The summed E-state index contributed by atoms with van der Waals surface area (Å²) in [4.78, 5) is 27.0. The maximum Gasteiger partial charge on any atom is 0.289 e. The van der Waals surface area contributed by atoms with Gasteiger partial charge in [-0.15, -0.1) is 0 Å². The summed E-state index contributed by atoms with van der Waals surface area (Å²) in [5, 5.41) is 0.843. The van der Waals surface area contributed by atoms with Crippen molar-refractivity contribution in [1.29, 1.82) is 0 Å². The lowest BCUT2D eigenvalue weighted by molar-refractivity contribution is 0.0659. The molecule has 4 nitrogen and oxygen atoms in total. The van der Waals surface area contributed by atoms with Crippen LogP contribution >= 0.6 is 23.2 Å². The van der Waals surface area contributed by atoms with Gasteiger partial charge in [-0.1, -0.05) is 53.5 Å². The predicted octanol–water partition coefficient (Wildman–Crippen LogP) is 5.19. The minimum atomic E-state index is -0.326. The van der Waals surface area contributed by atoms with Crippen LogP contribution in [0.25, 0.3) is 11.0 Å². The van der Waals surface area contributed by atoms with Crippen molar-refractivity contribution < 1.29 is 9.21 Å². The van der Waals surface area contributed by atoms with Crippen LogP contribution in [0.15, 0.2) is 57.7 Å². The number of hydrogen-bond donors (Lipinski definition) is 0. The number of amides is 1. The van der Waals surface area contributed by atoms with Gasteiger partial charge < -0.3 is 9.32 Å². The van der Waals surface area contributed by atoms with Gasteiger partial charge in [-0.25, -0.2) is 0 Å². The van der Waals surface area contributed by atoms with Crippen LogP contribution in [0.3, 0.4) is 0 Å². The van der Waals surface area contributed by atoms with Crippen LogP contribution in [0, 0.1) is 5.92 Å². The van der Waals surface area contributed by atoms with Crippen molar-refractivity contribution in [2.45, 2.75) is 19.3 Å². The summed E-state index contributed by atoms with van der Waals surface area (Å²) in [5.74, 6) is 0.290. The number of carbonyl (C=O) groups is 1. The van der Waals surface area contributed by atoms with Gasteiger partial charge in [0.25, 0.3) is 5.91 Å². The molecule has 28 heavy (non-hydrogen) atoms. The molecule has 1 amide bonds. The van der Waals surface area contributed by atoms with E-state index in [4.69, 9.17) is 27.6 Å². The molecule has 0 unspecified atom stereocenters. The third-order valence-electron chi connectivity index (χ3n) is 5.23. The highest BCUT2D eigenvalue weighted by atomic mass is 35.5. The molecule has 0 spiro atoms. The Labute approximate surface area is 172 Å². The summed E-state index contributed by atoms with van der Waals surface area (Å²) in [6.07, 6.45) is 2.87. The average molecular weight is 416 g/mol. The smallest absolute Gasteiger partial charge is 0.289 e. The zero-order valence-corrected chi connectivity index (χ0v) is 16.7. The SMILES string of the molecule is O=C(c1cc(=O)c2cc(Cl)cc(Cl)c2o1)N1CCC(Cc2ccccc2)CC1. The molecule has 1 fully saturated rings. The minimum absolute atomic E-state index is 0.0169. The van der Waals surface area contributed by atoms with Crippen molar-refractivity contribution >= 4 is 40.1 Å². The van der Waals surface area contributed by atoms with Crippen molar-refractivity contribution in [3.63, 3.8) is 0 Å². The van der Waals surface area contributed by atoms with Gasteiger partial charge in [-0.2, -0.15) is 0 Å². The van der Waals surface area contributed by atoms with E-state index in [0.717, 1.165) is 19.3 Å². The number of benzene rings is 2. The molecule has 0 atom stereocenters. The monoisotopic (exact) mass is 415 g/mol. The second kappa shape index (κ2) is 7.98. The van der Waals surface area contributed by atoms with Gasteiger partial charge in [-0.05, 0) is 42.9 Å². The molecular weight excluding hydrogens is 397 g/mol. The second-order valence-corrected chi connectivity index (χ2v) is 8.01. The van der Waals surface area contributed by atoms with Gasteiger partial charge in [0.2, 0.25) is 0 Å². The summed E-state index contributed by atoms with van der Waals surface area (Å²) < 4.78 is 5.68. The molecule has 0 saturated carbocycles. The number of halogens is 2. The number of likely N-dealkylation sites (tertiary alicyclic amines) is 1. The van der Waals surface area contributed by atoms with E-state index in [-0.39, 0.29) is 33.1 Å². The molecule has 144 valence electrons. The summed E-state index contributed by atoms with van der Waals surface area (Å²) in [7, 11) is 0. The molecule has 4 rings (SSSR count). The molecule has 2 aromatic carbocycles. The average Bonchev–Trinajstić information content (AvgIpc) is 2.69. The fourth-order valence-electron chi connectivity index (χ4n) is 3.73. The number of carbonyl (C=O) groups excluding carboxylic acids is 1. The van der Waals surface area contributed by atoms with Crippen LogP contribution in [-0.2, 0) is 6.42 Å². The molecule has 6 heteroatoms. The van der Waals surface area contributed by atoms with Gasteiger partial charge in [-0.3, -0.25) is 9.59 Å². The Kier molecular flexibility index (Phi) is 5.42. The third-order valence-corrected chi connectivity index (χ3v) is 5.73. The summed E-state index contributed by atoms with van der Waals surface area (Å²) in [5.41, 5.74) is 1.19. The van der Waals surface area contributed by atoms with Gasteiger partial charge in [0.15, 0.2) is 16.8 Å². The quantitative estimate of drug-likeness (QED) is 0.590. The van der Waals surface area contributed by atoms with E-state index in [1.807, 2.05) is 18.2 Å². The normalized spacial score (nSPS) is 15.1. The van der Waals surface area contributed by atoms with Crippen LogP contribution in [0.1, 0.15) is 29.0 Å². The molecule has 0 aliphatic carbocycles. The first-order valence-corrected chi connectivity index (χ1v) is 10.0. The zero-order valence-electron chi connectivity index (χ0n) is 15.2. The Morgan fingerprint density at radius 2 is 1.79 bits per heavy atom. The van der Waals surface area contributed by atoms with E-state index in [1.54, 1.807) is 4.90 Å². The minimum Gasteiger partial charge on any atom is -0.449 e. The van der Waals surface area contributed by atoms with Crippen LogP contribution in [0.5, 0.6) is 0 Å². The standard InChI is InChI=1S/C22H19Cl2NO3/c23-16-11-17-19(26)13-20(28-21(17)18(24)12-16)22(27)25-8-6-15(7-9-25)10-14-4-2-1-3-5-14/h1-5,11-13,15H,6-10H2. The van der Waals surface area contributed by atoms with Gasteiger partial charge in [0, 0.05) is 24.2 Å². The number of hydrogen-bond acceptors (Lipinski definition) is 3. The zero-order chi connectivity index (χ0) is 19.7. The van der Waals surface area contributed by atoms with E-state index in [1.165, 1.54) is 23.8 Å². The molecule has 0 N–H and O–H groups in total. The Morgan fingerprint density at radius 3 is 2.50 bits per heavy atom. The lowest BCUT2D eigenvalue weighted by atomic mass is 9.90. The molecule has 1 saturated heterocycles. The van der Waals surface area contributed by atoms with E-state index < -0.39 is 0 Å². The number of fused-ring (bicyclic) bond motifs is 1. The van der Waals surface area contributed by atoms with Crippen molar-refractivity contribution in [2.24, 2.45) is 5.92 Å². The largest absolute Gasteiger partial charge is 0.449 e. The van der Waals surface area contributed by atoms with E-state index >= 15 is 0 Å². The topological polar surface area (TPSA) is 50.5 Å². The second-order valence-electron chi connectivity index (χ2n) is 7.16. The highest BCUT2D eigenvalue weighted by Gasteiger charge is 2.26. The maximum absolute atomic E-state index is 12.9. The van der Waals surface area contributed by atoms with Crippen molar-refractivity contribution in [3.05, 3.63) is 80.1 Å². The first-order chi connectivity index (χ1) is 13.5. The maximum atomic E-state index is 12.9. The van der Waals surface area contributed by atoms with Crippen LogP contribution in [0.2, 0.25) is 10.0 Å². The molecule has 1 aliphatic rings. The Morgan fingerprint density at radius 1 is 1.07 bits per heavy atom. The van der Waals surface area contributed by atoms with Crippen molar-refractivity contribution in [3.8, 4) is 0 Å². The first kappa shape index (κ1) is 19.0. The predicted molar refractivity (Wildman–Crippen MR) is 111 cm³/mol. The van der Waals surface area contributed by atoms with E-state index in [0.29, 0.717) is 24.0 Å². The van der Waals surface area contributed by atoms with Gasteiger partial charge in [0.05, 0.1) is 10.4 Å². The molecule has 3 aromatic rings. The number of piperidine rings is 1. The molecular formula is C22H19Cl2NO3. The van der Waals surface area contributed by atoms with Crippen molar-refractivity contribution in [2.75, 3.05) is 13.1 Å². The third kappa shape index (κ3) is 3.94. The lowest BCUT2D eigenvalue weighted by Gasteiger charge is -2.31. The van der Waals surface area contributed by atoms with E-state index in [2.05, 4.69) is 12.1 Å². The lowest BCUT2D eigenvalue weighted by Crippen LogP contribution is -2.39. The Bertz CT molecular complexity index is 1070. The first-order valence-electron chi connectivity index (χ1n) is 9.27. The molecule has 0 bridgehead atoms. The molecule has 2 heterocycles. The fourth-order valence-corrected chi connectivity index (χ4v) is 4.26. The molecule has 1 aliphatic heterocycles. The van der Waals surface area contributed by atoms with E-state index in [9.17, 15) is 9.59 Å². The van der Waals surface area contributed by atoms with Gasteiger partial charge in [0.1, 0.15) is 0 Å². The molecule has 1 aromatic heterocycles.